The third kappa shape index (κ3) is 7.72. The third-order valence-electron chi connectivity index (χ3n) is 5.42. The zero-order valence-electron chi connectivity index (χ0n) is 18.9. The van der Waals surface area contributed by atoms with E-state index in [2.05, 4.69) is 0 Å². The Kier molecular flexibility index (Phi) is 9.51. The van der Waals surface area contributed by atoms with Crippen LogP contribution in [0.4, 0.5) is 4.39 Å². The van der Waals surface area contributed by atoms with Gasteiger partial charge in [-0.15, -0.1) is 23.1 Å². The van der Waals surface area contributed by atoms with Gasteiger partial charge >= 0.3 is 0 Å². The highest BCUT2D eigenvalue weighted by Crippen LogP contribution is 2.20. The van der Waals surface area contributed by atoms with Gasteiger partial charge in [-0.05, 0) is 54.6 Å². The van der Waals surface area contributed by atoms with Crippen molar-refractivity contribution in [2.45, 2.75) is 44.3 Å². The Morgan fingerprint density at radius 3 is 2.33 bits per heavy atom. The van der Waals surface area contributed by atoms with E-state index in [0.29, 0.717) is 13.1 Å². The summed E-state index contributed by atoms with van der Waals surface area (Å²) in [6.07, 6.45) is 0.762. The quantitative estimate of drug-likeness (QED) is 0.321. The lowest BCUT2D eigenvalue weighted by Crippen LogP contribution is -2.46. The fourth-order valence-electron chi connectivity index (χ4n) is 3.33. The van der Waals surface area contributed by atoms with Gasteiger partial charge in [0.05, 0.1) is 12.3 Å². The van der Waals surface area contributed by atoms with Gasteiger partial charge in [-0.3, -0.25) is 9.59 Å². The molecule has 0 bridgehead atoms. The number of halogens is 1. The van der Waals surface area contributed by atoms with E-state index < -0.39 is 0 Å². The molecule has 0 saturated carbocycles. The van der Waals surface area contributed by atoms with Crippen LogP contribution < -0.4 is 0 Å². The average molecular weight is 485 g/mol. The van der Waals surface area contributed by atoms with Crippen molar-refractivity contribution in [1.29, 1.82) is 0 Å². The summed E-state index contributed by atoms with van der Waals surface area (Å²) in [5, 5.41) is 1.98. The van der Waals surface area contributed by atoms with Crippen molar-refractivity contribution >= 4 is 34.9 Å². The van der Waals surface area contributed by atoms with Crippen LogP contribution in [0.2, 0.25) is 0 Å². The largest absolute Gasteiger partial charge is 0.332 e. The van der Waals surface area contributed by atoms with Crippen molar-refractivity contribution in [3.05, 3.63) is 88.4 Å². The van der Waals surface area contributed by atoms with Gasteiger partial charge in [0, 0.05) is 22.4 Å². The standard InChI is InChI=1S/C26H29FN2O2S2/c1-3-20(2)29(26(31)19-33-23-8-5-4-6-9-23)18-25(30)28(17-24-10-7-15-32-24)16-21-11-13-22(27)14-12-21/h4-15,20H,3,16-19H2,1-2H3/t20-/m0/s1. The molecule has 33 heavy (non-hydrogen) atoms. The van der Waals surface area contributed by atoms with Crippen molar-refractivity contribution in [1.82, 2.24) is 9.80 Å². The molecule has 7 heteroatoms. The van der Waals surface area contributed by atoms with Crippen molar-refractivity contribution < 1.29 is 14.0 Å². The predicted octanol–water partition coefficient (Wildman–Crippen LogP) is 5.84. The lowest BCUT2D eigenvalue weighted by atomic mass is 10.2. The van der Waals surface area contributed by atoms with Crippen LogP contribution in [0.5, 0.6) is 0 Å². The van der Waals surface area contributed by atoms with Gasteiger partial charge in [-0.25, -0.2) is 4.39 Å². The molecule has 0 spiro atoms. The zero-order chi connectivity index (χ0) is 23.6. The van der Waals surface area contributed by atoms with Crippen molar-refractivity contribution in [2.75, 3.05) is 12.3 Å². The number of carbonyl (C=O) groups is 2. The number of hydrogen-bond acceptors (Lipinski definition) is 4. The molecule has 2 amide bonds. The Labute approximate surface area is 203 Å². The first-order chi connectivity index (χ1) is 16.0. The van der Waals surface area contributed by atoms with Crippen LogP contribution in [-0.4, -0.2) is 40.0 Å². The SMILES string of the molecule is CC[C@H](C)N(CC(=O)N(Cc1ccc(F)cc1)Cc1cccs1)C(=O)CSc1ccccc1. The summed E-state index contributed by atoms with van der Waals surface area (Å²) < 4.78 is 13.3. The second-order valence-electron chi connectivity index (χ2n) is 7.84. The van der Waals surface area contributed by atoms with Crippen LogP contribution in [0.1, 0.15) is 30.7 Å². The molecule has 0 N–H and O–H groups in total. The summed E-state index contributed by atoms with van der Waals surface area (Å²) in [5.41, 5.74) is 0.849. The molecular formula is C26H29FN2O2S2. The van der Waals surface area contributed by atoms with E-state index >= 15 is 0 Å². The number of hydrogen-bond donors (Lipinski definition) is 0. The molecule has 174 valence electrons. The van der Waals surface area contributed by atoms with Crippen molar-refractivity contribution in [2.24, 2.45) is 0 Å². The molecule has 0 unspecified atom stereocenters. The molecular weight excluding hydrogens is 455 g/mol. The van der Waals surface area contributed by atoms with Gasteiger partial charge in [0.25, 0.3) is 0 Å². The lowest BCUT2D eigenvalue weighted by molar-refractivity contribution is -0.141. The van der Waals surface area contributed by atoms with Gasteiger partial charge in [-0.2, -0.15) is 0 Å². The summed E-state index contributed by atoms with van der Waals surface area (Å²) in [6, 6.07) is 19.9. The highest BCUT2D eigenvalue weighted by Gasteiger charge is 2.25. The van der Waals surface area contributed by atoms with Gasteiger partial charge < -0.3 is 9.80 Å². The molecule has 4 nitrogen and oxygen atoms in total. The monoisotopic (exact) mass is 484 g/mol. The van der Waals surface area contributed by atoms with Gasteiger partial charge in [0.2, 0.25) is 11.8 Å². The first-order valence-electron chi connectivity index (χ1n) is 11.0. The second-order valence-corrected chi connectivity index (χ2v) is 9.92. The van der Waals surface area contributed by atoms with E-state index in [1.165, 1.54) is 23.9 Å². The van der Waals surface area contributed by atoms with Crippen LogP contribution in [0, 0.1) is 5.82 Å². The lowest BCUT2D eigenvalue weighted by Gasteiger charge is -2.31. The van der Waals surface area contributed by atoms with Crippen LogP contribution in [0.25, 0.3) is 0 Å². The fourth-order valence-corrected chi connectivity index (χ4v) is 4.86. The molecule has 2 aromatic carbocycles. The Bertz CT molecular complexity index is 1010. The smallest absolute Gasteiger partial charge is 0.242 e. The number of rotatable bonds is 11. The molecule has 1 heterocycles. The van der Waals surface area contributed by atoms with E-state index in [1.54, 1.807) is 33.3 Å². The maximum Gasteiger partial charge on any atom is 0.242 e. The van der Waals surface area contributed by atoms with Crippen molar-refractivity contribution in [3.8, 4) is 0 Å². The van der Waals surface area contributed by atoms with Gasteiger partial charge in [0.1, 0.15) is 12.4 Å². The van der Waals surface area contributed by atoms with Crippen LogP contribution >= 0.6 is 23.1 Å². The first kappa shape index (κ1) is 25.0. The van der Waals surface area contributed by atoms with E-state index in [-0.39, 0.29) is 36.0 Å². The first-order valence-corrected chi connectivity index (χ1v) is 12.8. The summed E-state index contributed by atoms with van der Waals surface area (Å²) >= 11 is 3.06. The molecule has 0 radical (unpaired) electrons. The summed E-state index contributed by atoms with van der Waals surface area (Å²) in [5.74, 6) is -0.195. The molecule has 1 atom stereocenters. The highest BCUT2D eigenvalue weighted by atomic mass is 32.2. The maximum absolute atomic E-state index is 13.4. The Balaban J connectivity index is 1.72. The minimum absolute atomic E-state index is 0.0236. The minimum Gasteiger partial charge on any atom is -0.332 e. The molecule has 3 rings (SSSR count). The minimum atomic E-state index is -0.306. The number of amides is 2. The van der Waals surface area contributed by atoms with Crippen molar-refractivity contribution in [3.63, 3.8) is 0 Å². The average Bonchev–Trinajstić information content (AvgIpc) is 3.35. The number of thiophene rings is 1. The maximum atomic E-state index is 13.4. The van der Waals surface area contributed by atoms with E-state index in [1.807, 2.05) is 61.7 Å². The highest BCUT2D eigenvalue weighted by molar-refractivity contribution is 8.00. The van der Waals surface area contributed by atoms with Gasteiger partial charge in [-0.1, -0.05) is 43.3 Å². The number of nitrogens with zero attached hydrogens (tertiary/aromatic N) is 2. The number of thioether (sulfide) groups is 1. The Hall–Kier alpha value is -2.64. The molecule has 0 saturated heterocycles. The predicted molar refractivity (Wildman–Crippen MR) is 134 cm³/mol. The van der Waals surface area contributed by atoms with E-state index in [0.717, 1.165) is 21.8 Å². The zero-order valence-corrected chi connectivity index (χ0v) is 20.6. The summed E-state index contributed by atoms with van der Waals surface area (Å²) in [4.78, 5) is 32.0. The number of benzene rings is 2. The second kappa shape index (κ2) is 12.6. The molecule has 0 fully saturated rings. The molecule has 1 aromatic heterocycles. The van der Waals surface area contributed by atoms with Crippen LogP contribution in [-0.2, 0) is 22.7 Å². The van der Waals surface area contributed by atoms with Crippen LogP contribution in [0.3, 0.4) is 0 Å². The topological polar surface area (TPSA) is 40.6 Å². The van der Waals surface area contributed by atoms with E-state index in [4.69, 9.17) is 0 Å². The molecule has 0 aliphatic carbocycles. The molecule has 0 aliphatic heterocycles. The number of carbonyl (C=O) groups excluding carboxylic acids is 2. The summed E-state index contributed by atoms with van der Waals surface area (Å²) in [6.45, 7) is 4.83. The Morgan fingerprint density at radius 1 is 0.970 bits per heavy atom. The fraction of sp³-hybridized carbons (Fsp3) is 0.308. The van der Waals surface area contributed by atoms with Gasteiger partial charge in [0.15, 0.2) is 0 Å². The molecule has 3 aromatic rings. The van der Waals surface area contributed by atoms with Crippen LogP contribution in [0.15, 0.2) is 77.0 Å². The Morgan fingerprint density at radius 2 is 1.70 bits per heavy atom. The van der Waals surface area contributed by atoms with E-state index in [9.17, 15) is 14.0 Å². The normalized spacial score (nSPS) is 11.7. The molecule has 0 aliphatic rings. The third-order valence-corrected chi connectivity index (χ3v) is 7.28. The summed E-state index contributed by atoms with van der Waals surface area (Å²) in [7, 11) is 0.